The van der Waals surface area contributed by atoms with Gasteiger partial charge in [0.25, 0.3) is 0 Å². The lowest BCUT2D eigenvalue weighted by Crippen LogP contribution is -1.94. The number of rotatable bonds is 2. The van der Waals surface area contributed by atoms with Gasteiger partial charge in [-0.15, -0.1) is 0 Å². The van der Waals surface area contributed by atoms with Crippen LogP contribution in [-0.2, 0) is 4.74 Å². The first-order valence-corrected chi connectivity index (χ1v) is 8.77. The van der Waals surface area contributed by atoms with E-state index in [2.05, 4.69) is 20.0 Å². The molecule has 130 valence electrons. The molecule has 5 heterocycles. The van der Waals surface area contributed by atoms with Crippen molar-refractivity contribution in [2.24, 2.45) is 20.0 Å². The normalized spacial score (nSPS) is 22.6. The van der Waals surface area contributed by atoms with Crippen LogP contribution in [0.15, 0.2) is 115 Å². The molecule has 0 N–H and O–H groups in total. The highest BCUT2D eigenvalue weighted by Gasteiger charge is 2.17. The summed E-state index contributed by atoms with van der Waals surface area (Å²) in [6, 6.07) is 0.356. The van der Waals surface area contributed by atoms with E-state index in [1.165, 1.54) is 0 Å². The summed E-state index contributed by atoms with van der Waals surface area (Å²) >= 11 is 0. The summed E-state index contributed by atoms with van der Waals surface area (Å²) in [6.07, 6.45) is 18.8. The number of allylic oxidation sites excluding steroid dienone is 11. The van der Waals surface area contributed by atoms with Crippen molar-refractivity contribution in [1.82, 2.24) is 0 Å². The van der Waals surface area contributed by atoms with Crippen LogP contribution in [0, 0.1) is 0 Å². The maximum atomic E-state index is 8.19. The first kappa shape index (κ1) is 14.6. The van der Waals surface area contributed by atoms with Gasteiger partial charge in [0, 0.05) is 6.08 Å². The lowest BCUT2D eigenvalue weighted by Gasteiger charge is -2.03. The summed E-state index contributed by atoms with van der Waals surface area (Å²) in [5, 5.41) is 0. The Labute approximate surface area is 158 Å². The van der Waals surface area contributed by atoms with E-state index in [1.54, 1.807) is 6.08 Å². The predicted octanol–water partition coefficient (Wildman–Crippen LogP) is 3.94. The van der Waals surface area contributed by atoms with Gasteiger partial charge in [-0.25, -0.2) is 20.0 Å². The Morgan fingerprint density at radius 2 is 1.33 bits per heavy atom. The lowest BCUT2D eigenvalue weighted by atomic mass is 10.2. The second kappa shape index (κ2) is 6.29. The summed E-state index contributed by atoms with van der Waals surface area (Å²) in [5.41, 5.74) is 5.95. The Kier molecular flexibility index (Phi) is 3.39. The van der Waals surface area contributed by atoms with Crippen molar-refractivity contribution < 1.29 is 6.11 Å². The SMILES string of the molecule is [2H]C1=CC2=CC3=NC(=CC4=NC(=CC5=NC(=CC1=N2)C=C5)C=C4)C(OCC)=C3. The average Bonchev–Trinajstić information content (AvgIpc) is 3.41. The van der Waals surface area contributed by atoms with E-state index in [9.17, 15) is 0 Å². The van der Waals surface area contributed by atoms with Crippen molar-refractivity contribution in [3.63, 3.8) is 0 Å². The Balaban J connectivity index is 1.66. The second-order valence-corrected chi connectivity index (χ2v) is 6.24. The van der Waals surface area contributed by atoms with Crippen LogP contribution in [-0.4, -0.2) is 29.5 Å². The van der Waals surface area contributed by atoms with Gasteiger partial charge in [0.2, 0.25) is 0 Å². The molecule has 0 aromatic carbocycles. The smallest absolute Gasteiger partial charge is 0.147 e. The van der Waals surface area contributed by atoms with E-state index < -0.39 is 0 Å². The molecule has 0 saturated carbocycles. The van der Waals surface area contributed by atoms with Gasteiger partial charge in [-0.1, -0.05) is 0 Å². The second-order valence-electron chi connectivity index (χ2n) is 6.24. The molecule has 8 bridgehead atoms. The minimum absolute atomic E-state index is 0.356. The van der Waals surface area contributed by atoms with Crippen molar-refractivity contribution in [2.75, 3.05) is 6.61 Å². The van der Waals surface area contributed by atoms with E-state index in [0.717, 1.165) is 34.2 Å². The Morgan fingerprint density at radius 3 is 2.11 bits per heavy atom. The fourth-order valence-corrected chi connectivity index (χ4v) is 3.08. The van der Waals surface area contributed by atoms with Gasteiger partial charge in [-0.05, 0) is 67.7 Å². The van der Waals surface area contributed by atoms with Crippen molar-refractivity contribution in [1.29, 1.82) is 0 Å². The van der Waals surface area contributed by atoms with Crippen LogP contribution in [0.25, 0.3) is 0 Å². The van der Waals surface area contributed by atoms with Gasteiger partial charge in [-0.2, -0.15) is 0 Å². The molecule has 0 aliphatic carbocycles. The highest BCUT2D eigenvalue weighted by Crippen LogP contribution is 2.24. The maximum absolute atomic E-state index is 8.19. The summed E-state index contributed by atoms with van der Waals surface area (Å²) in [4.78, 5) is 18.4. The standard InChI is InChI=1S/C22H16N4O/c1-2-27-22-13-20-11-18-6-5-16(24-18)9-14-3-4-15(23-14)10-17-7-8-19(25-17)12-21(22)26-20/h3-13H,2H2,1H3/i5D. The molecule has 0 atom stereocenters. The largest absolute Gasteiger partial charge is 0.492 e. The molecule has 5 heteroatoms. The van der Waals surface area contributed by atoms with Crippen LogP contribution in [0.4, 0.5) is 0 Å². The van der Waals surface area contributed by atoms with E-state index in [0.29, 0.717) is 29.8 Å². The van der Waals surface area contributed by atoms with E-state index >= 15 is 0 Å². The molecule has 5 aliphatic heterocycles. The average molecular weight is 353 g/mol. The Bertz CT molecular complexity index is 1160. The summed E-state index contributed by atoms with van der Waals surface area (Å²) in [7, 11) is 0. The predicted molar refractivity (Wildman–Crippen MR) is 109 cm³/mol. The van der Waals surface area contributed by atoms with Gasteiger partial charge >= 0.3 is 0 Å². The Hall–Kier alpha value is -3.60. The highest BCUT2D eigenvalue weighted by atomic mass is 16.5. The molecule has 0 saturated heterocycles. The molecule has 0 fully saturated rings. The summed E-state index contributed by atoms with van der Waals surface area (Å²) < 4.78 is 13.9. The number of fused-ring (bicyclic) bond motifs is 4. The topological polar surface area (TPSA) is 58.7 Å². The number of hydrogen-bond donors (Lipinski definition) is 0. The first-order valence-electron chi connectivity index (χ1n) is 9.27. The van der Waals surface area contributed by atoms with Crippen molar-refractivity contribution in [2.45, 2.75) is 6.92 Å². The number of ether oxygens (including phenoxy) is 1. The van der Waals surface area contributed by atoms with E-state index in [1.807, 2.05) is 61.6 Å². The molecule has 0 unspecified atom stereocenters. The van der Waals surface area contributed by atoms with E-state index in [4.69, 9.17) is 6.11 Å². The quantitative estimate of drug-likeness (QED) is 0.742. The third-order valence-corrected chi connectivity index (χ3v) is 4.23. The van der Waals surface area contributed by atoms with Gasteiger partial charge in [0.15, 0.2) is 0 Å². The zero-order chi connectivity index (χ0) is 19.1. The molecule has 0 aromatic heterocycles. The zero-order valence-electron chi connectivity index (χ0n) is 15.7. The molecule has 0 radical (unpaired) electrons. The third-order valence-electron chi connectivity index (χ3n) is 4.23. The van der Waals surface area contributed by atoms with Crippen LogP contribution in [0.2, 0.25) is 0 Å². The van der Waals surface area contributed by atoms with Gasteiger partial charge in [-0.3, -0.25) is 0 Å². The molecule has 27 heavy (non-hydrogen) atoms. The molecule has 5 rings (SSSR count). The minimum atomic E-state index is 0.356. The van der Waals surface area contributed by atoms with Gasteiger partial charge in [0.05, 0.1) is 47.9 Å². The van der Waals surface area contributed by atoms with Gasteiger partial charge < -0.3 is 4.74 Å². The fourth-order valence-electron chi connectivity index (χ4n) is 3.08. The highest BCUT2D eigenvalue weighted by molar-refractivity contribution is 6.14. The summed E-state index contributed by atoms with van der Waals surface area (Å²) in [6.45, 7) is 2.49. The van der Waals surface area contributed by atoms with Crippen molar-refractivity contribution in [3.8, 4) is 0 Å². The number of hydrogen-bond acceptors (Lipinski definition) is 5. The van der Waals surface area contributed by atoms with Crippen LogP contribution in [0.5, 0.6) is 0 Å². The monoisotopic (exact) mass is 353 g/mol. The third kappa shape index (κ3) is 3.15. The zero-order valence-corrected chi connectivity index (χ0v) is 14.7. The summed E-state index contributed by atoms with van der Waals surface area (Å²) in [5.74, 6) is 0.706. The molecular weight excluding hydrogens is 336 g/mol. The molecule has 0 aromatic rings. The first-order chi connectivity index (χ1) is 13.7. The molecule has 5 nitrogen and oxygen atoms in total. The minimum Gasteiger partial charge on any atom is -0.492 e. The molecule has 0 amide bonds. The number of aliphatic imine (C=N–C) groups is 4. The van der Waals surface area contributed by atoms with Crippen LogP contribution < -0.4 is 0 Å². The van der Waals surface area contributed by atoms with Crippen LogP contribution >= 0.6 is 0 Å². The van der Waals surface area contributed by atoms with Gasteiger partial charge in [0.1, 0.15) is 11.5 Å². The van der Waals surface area contributed by atoms with E-state index in [-0.39, 0.29) is 0 Å². The lowest BCUT2D eigenvalue weighted by molar-refractivity contribution is 0.239. The van der Waals surface area contributed by atoms with Crippen molar-refractivity contribution in [3.05, 3.63) is 95.4 Å². The van der Waals surface area contributed by atoms with Crippen LogP contribution in [0.1, 0.15) is 8.29 Å². The molecule has 5 aliphatic rings. The van der Waals surface area contributed by atoms with Crippen molar-refractivity contribution >= 4 is 22.8 Å². The molecule has 0 spiro atoms. The maximum Gasteiger partial charge on any atom is 0.147 e. The fraction of sp³-hybridized carbons (Fsp3) is 0.0909. The molecular formula is C22H16N4O. The number of nitrogens with zero attached hydrogens (tertiary/aromatic N) is 4. The Morgan fingerprint density at radius 1 is 0.704 bits per heavy atom. The van der Waals surface area contributed by atoms with Crippen LogP contribution in [0.3, 0.4) is 0 Å².